The number of hydrogen-bond donors (Lipinski definition) is 1. The standard InChI is InChI=1S/C31H37NO6.C2H6/c1-29(2,16-25(35)38-18-30-12-19-10-21-11-22(14-30)31(21,13-19)17-30)15-24(34)26-23(33)8-9-32(28(26)37)27(36)20-6-4-3-5-7-20;1-2/h3-7,19,21-22,34H,8-18H2,1-2H3;1-2H3/b26-24-;. The number of carbonyl (C=O) groups is 4. The maximum atomic E-state index is 13.1. The van der Waals surface area contributed by atoms with Crippen LogP contribution < -0.4 is 0 Å². The third-order valence-corrected chi connectivity index (χ3v) is 10.2. The molecule has 1 aromatic carbocycles. The Labute approximate surface area is 237 Å². The normalized spacial score (nSPS) is 33.1. The molecule has 0 radical (unpaired) electrons. The summed E-state index contributed by atoms with van der Waals surface area (Å²) < 4.78 is 5.87. The number of ether oxygens (including phenoxy) is 1. The molecule has 5 unspecified atom stereocenters. The molecule has 2 amide bonds. The molecule has 6 rings (SSSR count). The van der Waals surface area contributed by atoms with Gasteiger partial charge in [0.25, 0.3) is 11.8 Å². The summed E-state index contributed by atoms with van der Waals surface area (Å²) in [6.45, 7) is 8.08. The van der Waals surface area contributed by atoms with Gasteiger partial charge in [-0.3, -0.25) is 24.1 Å². The first-order valence-electron chi connectivity index (χ1n) is 15.0. The van der Waals surface area contributed by atoms with Gasteiger partial charge >= 0.3 is 5.97 Å². The molecule has 0 aromatic heterocycles. The highest BCUT2D eigenvalue weighted by Crippen LogP contribution is 2.78. The quantitative estimate of drug-likeness (QED) is 0.146. The number of esters is 1. The van der Waals surface area contributed by atoms with Crippen molar-refractivity contribution in [1.82, 2.24) is 4.90 Å². The van der Waals surface area contributed by atoms with Crippen molar-refractivity contribution in [1.29, 1.82) is 0 Å². The molecule has 1 spiro atoms. The van der Waals surface area contributed by atoms with Crippen LogP contribution in [0.15, 0.2) is 41.7 Å². The number of amides is 2. The van der Waals surface area contributed by atoms with E-state index in [1.165, 1.54) is 38.5 Å². The van der Waals surface area contributed by atoms with Crippen molar-refractivity contribution < 1.29 is 29.0 Å². The number of carbonyl (C=O) groups excluding carboxylic acids is 4. The minimum absolute atomic E-state index is 0.0244. The Morgan fingerprint density at radius 2 is 1.75 bits per heavy atom. The number of ketones is 1. The average molecular weight is 550 g/mol. The summed E-state index contributed by atoms with van der Waals surface area (Å²) in [4.78, 5) is 52.5. The van der Waals surface area contributed by atoms with Crippen molar-refractivity contribution in [2.45, 2.75) is 85.5 Å². The van der Waals surface area contributed by atoms with Crippen LogP contribution in [0.2, 0.25) is 0 Å². The predicted octanol–water partition coefficient (Wildman–Crippen LogP) is 6.03. The molecule has 1 heterocycles. The molecule has 216 valence electrons. The number of fused-ring (bicyclic) bond motifs is 2. The number of allylic oxidation sites excluding steroid dienone is 1. The molecule has 7 nitrogen and oxygen atoms in total. The third-order valence-electron chi connectivity index (χ3n) is 10.2. The molecule has 4 saturated carbocycles. The zero-order chi connectivity index (χ0) is 28.9. The zero-order valence-corrected chi connectivity index (χ0v) is 24.3. The lowest BCUT2D eigenvalue weighted by molar-refractivity contribution is -0.150. The van der Waals surface area contributed by atoms with E-state index in [4.69, 9.17) is 4.74 Å². The van der Waals surface area contributed by atoms with Crippen LogP contribution in [0.1, 0.15) is 95.8 Å². The van der Waals surface area contributed by atoms with Crippen molar-refractivity contribution in [3.8, 4) is 0 Å². The van der Waals surface area contributed by atoms with Gasteiger partial charge in [0.15, 0.2) is 5.78 Å². The van der Waals surface area contributed by atoms with E-state index in [1.807, 2.05) is 27.7 Å². The Balaban J connectivity index is 0.00000158. The van der Waals surface area contributed by atoms with Gasteiger partial charge in [0.05, 0.1) is 13.0 Å². The molecule has 5 aliphatic rings. The summed E-state index contributed by atoms with van der Waals surface area (Å²) >= 11 is 0. The van der Waals surface area contributed by atoms with Crippen LogP contribution >= 0.6 is 0 Å². The summed E-state index contributed by atoms with van der Waals surface area (Å²) in [6.07, 6.45) is 7.65. The van der Waals surface area contributed by atoms with E-state index >= 15 is 0 Å². The molecule has 5 fully saturated rings. The van der Waals surface area contributed by atoms with Gasteiger partial charge < -0.3 is 9.84 Å². The number of Topliss-reactive ketones (excluding diaryl/α,β-unsaturated/α-hetero) is 1. The predicted molar refractivity (Wildman–Crippen MR) is 150 cm³/mol. The lowest BCUT2D eigenvalue weighted by atomic mass is 9.55. The molecule has 40 heavy (non-hydrogen) atoms. The summed E-state index contributed by atoms with van der Waals surface area (Å²) in [5.74, 6) is 0.0538. The lowest BCUT2D eigenvalue weighted by Crippen LogP contribution is -2.45. The molecular formula is C33H43NO6. The van der Waals surface area contributed by atoms with E-state index in [0.29, 0.717) is 17.6 Å². The van der Waals surface area contributed by atoms with E-state index in [0.717, 1.165) is 22.7 Å². The van der Waals surface area contributed by atoms with Crippen LogP contribution in [0.25, 0.3) is 0 Å². The van der Waals surface area contributed by atoms with Crippen molar-refractivity contribution in [3.63, 3.8) is 0 Å². The van der Waals surface area contributed by atoms with E-state index in [-0.39, 0.29) is 48.5 Å². The minimum atomic E-state index is -0.787. The number of nitrogens with zero attached hydrogens (tertiary/aromatic N) is 1. The van der Waals surface area contributed by atoms with Crippen molar-refractivity contribution in [2.24, 2.45) is 34.0 Å². The fraction of sp³-hybridized carbons (Fsp3) is 0.636. The van der Waals surface area contributed by atoms with Gasteiger partial charge in [0.1, 0.15) is 11.3 Å². The highest BCUT2D eigenvalue weighted by Gasteiger charge is 2.70. The summed E-state index contributed by atoms with van der Waals surface area (Å²) in [6, 6.07) is 8.39. The molecular weight excluding hydrogens is 506 g/mol. The maximum absolute atomic E-state index is 13.1. The lowest BCUT2D eigenvalue weighted by Gasteiger charge is -2.49. The Bertz CT molecular complexity index is 1230. The molecule has 1 N–H and O–H groups in total. The highest BCUT2D eigenvalue weighted by molar-refractivity contribution is 6.25. The topological polar surface area (TPSA) is 101 Å². The fourth-order valence-electron chi connectivity index (χ4n) is 8.89. The van der Waals surface area contributed by atoms with Gasteiger partial charge in [-0.05, 0) is 79.2 Å². The minimum Gasteiger partial charge on any atom is -0.511 e. The number of imide groups is 1. The van der Waals surface area contributed by atoms with Crippen molar-refractivity contribution >= 4 is 23.6 Å². The van der Waals surface area contributed by atoms with Crippen molar-refractivity contribution in [3.05, 3.63) is 47.2 Å². The zero-order valence-electron chi connectivity index (χ0n) is 24.3. The highest BCUT2D eigenvalue weighted by atomic mass is 16.5. The molecule has 5 atom stereocenters. The van der Waals surface area contributed by atoms with E-state index in [9.17, 15) is 24.3 Å². The van der Waals surface area contributed by atoms with Gasteiger partial charge in [0, 0.05) is 30.4 Å². The van der Waals surface area contributed by atoms with E-state index < -0.39 is 23.0 Å². The smallest absolute Gasteiger partial charge is 0.306 e. The van der Waals surface area contributed by atoms with Gasteiger partial charge in [-0.25, -0.2) is 0 Å². The fourth-order valence-corrected chi connectivity index (χ4v) is 8.89. The van der Waals surface area contributed by atoms with Crippen LogP contribution in [0.3, 0.4) is 0 Å². The Kier molecular flexibility index (Phi) is 7.47. The average Bonchev–Trinajstić information content (AvgIpc) is 3.23. The molecule has 7 heteroatoms. The number of benzene rings is 1. The van der Waals surface area contributed by atoms with E-state index in [1.54, 1.807) is 30.3 Å². The first-order chi connectivity index (χ1) is 19.0. The summed E-state index contributed by atoms with van der Waals surface area (Å²) in [5.41, 5.74) is -0.0658. The molecule has 1 saturated heterocycles. The van der Waals surface area contributed by atoms with Crippen LogP contribution in [-0.2, 0) is 19.1 Å². The van der Waals surface area contributed by atoms with Crippen LogP contribution in [0.5, 0.6) is 0 Å². The first kappa shape index (κ1) is 28.6. The number of hydrogen-bond acceptors (Lipinski definition) is 6. The summed E-state index contributed by atoms with van der Waals surface area (Å²) in [7, 11) is 0. The van der Waals surface area contributed by atoms with Gasteiger partial charge in [-0.15, -0.1) is 0 Å². The molecule has 1 aliphatic heterocycles. The maximum Gasteiger partial charge on any atom is 0.306 e. The number of aliphatic hydroxyl groups is 1. The Morgan fingerprint density at radius 3 is 2.48 bits per heavy atom. The second kappa shape index (κ2) is 10.5. The number of rotatable bonds is 7. The van der Waals surface area contributed by atoms with Crippen molar-refractivity contribution in [2.75, 3.05) is 13.2 Å². The Morgan fingerprint density at radius 1 is 1.02 bits per heavy atom. The monoisotopic (exact) mass is 549 g/mol. The SMILES string of the molecule is CC.CC(C)(CC(=O)OCC12CC3CC4CC(C1)C4(C3)C2)C/C(O)=C1\C(=O)CCN(C(=O)c2ccccc2)C1=O. The van der Waals surface area contributed by atoms with Gasteiger partial charge in [-0.1, -0.05) is 45.9 Å². The summed E-state index contributed by atoms with van der Waals surface area (Å²) in [5, 5.41) is 10.9. The largest absolute Gasteiger partial charge is 0.511 e. The van der Waals surface area contributed by atoms with Gasteiger partial charge in [-0.2, -0.15) is 0 Å². The van der Waals surface area contributed by atoms with Gasteiger partial charge in [0.2, 0.25) is 0 Å². The van der Waals surface area contributed by atoms with E-state index in [2.05, 4.69) is 0 Å². The third kappa shape index (κ3) is 4.90. The Hall–Kier alpha value is -2.96. The first-order valence-corrected chi connectivity index (χ1v) is 15.0. The van der Waals surface area contributed by atoms with Crippen LogP contribution in [-0.4, -0.2) is 46.7 Å². The second-order valence-corrected chi connectivity index (χ2v) is 13.6. The number of likely N-dealkylation sites (tertiary alicyclic amines) is 1. The molecule has 4 aliphatic carbocycles. The van der Waals surface area contributed by atoms with Crippen LogP contribution in [0, 0.1) is 34.0 Å². The second-order valence-electron chi connectivity index (χ2n) is 13.6. The number of piperidine rings is 1. The van der Waals surface area contributed by atoms with Crippen LogP contribution in [0.4, 0.5) is 0 Å². The number of aliphatic hydroxyl groups excluding tert-OH is 1. The molecule has 3 bridgehead atoms. The molecule has 1 aromatic rings.